The number of aromatic nitrogens is 1. The van der Waals surface area contributed by atoms with Crippen LogP contribution in [0.4, 0.5) is 0 Å². The molecule has 2 aromatic rings. The number of hydrogen-bond acceptors (Lipinski definition) is 2. The van der Waals surface area contributed by atoms with Gasteiger partial charge in [0.05, 0.1) is 6.21 Å². The summed E-state index contributed by atoms with van der Waals surface area (Å²) in [5.41, 5.74) is 2.96. The third kappa shape index (κ3) is 1.42. The van der Waals surface area contributed by atoms with E-state index in [0.29, 0.717) is 0 Å². The number of hydrogen-bond donors (Lipinski definition) is 2. The molecule has 1 heterocycles. The van der Waals surface area contributed by atoms with Crippen molar-refractivity contribution in [3.05, 3.63) is 33.9 Å². The van der Waals surface area contributed by atoms with E-state index in [1.165, 1.54) is 6.21 Å². The van der Waals surface area contributed by atoms with Crippen molar-refractivity contribution >= 4 is 33.0 Å². The summed E-state index contributed by atoms with van der Waals surface area (Å²) >= 11 is 3.41. The van der Waals surface area contributed by atoms with Gasteiger partial charge in [-0.05, 0) is 25.1 Å². The zero-order chi connectivity index (χ0) is 10.1. The molecule has 0 fully saturated rings. The number of halogens is 1. The van der Waals surface area contributed by atoms with Crippen LogP contribution in [0.25, 0.3) is 10.9 Å². The van der Waals surface area contributed by atoms with E-state index in [-0.39, 0.29) is 0 Å². The first kappa shape index (κ1) is 9.27. The smallest absolute Gasteiger partial charge is 0.0758 e. The fraction of sp³-hybridized carbons (Fsp3) is 0.100. The van der Waals surface area contributed by atoms with Crippen LogP contribution in [0.3, 0.4) is 0 Å². The predicted octanol–water partition coefficient (Wildman–Crippen LogP) is 3.05. The lowest BCUT2D eigenvalue weighted by atomic mass is 10.1. The van der Waals surface area contributed by atoms with Crippen LogP contribution in [0.2, 0.25) is 0 Å². The summed E-state index contributed by atoms with van der Waals surface area (Å²) in [4.78, 5) is 3.22. The molecule has 2 rings (SSSR count). The molecule has 0 radical (unpaired) electrons. The minimum atomic E-state index is 0.920. The van der Waals surface area contributed by atoms with Gasteiger partial charge in [0.15, 0.2) is 0 Å². The average Bonchev–Trinajstić information content (AvgIpc) is 2.45. The molecule has 0 atom stereocenters. The van der Waals surface area contributed by atoms with Crippen molar-refractivity contribution in [2.75, 3.05) is 0 Å². The van der Waals surface area contributed by atoms with Crippen LogP contribution in [0.1, 0.15) is 11.3 Å². The first-order chi connectivity index (χ1) is 6.72. The summed E-state index contributed by atoms with van der Waals surface area (Å²) < 4.78 is 1.01. The summed E-state index contributed by atoms with van der Waals surface area (Å²) in [6.45, 7) is 1.95. The maximum absolute atomic E-state index is 8.54. The van der Waals surface area contributed by atoms with E-state index < -0.39 is 0 Å². The van der Waals surface area contributed by atoms with Crippen molar-refractivity contribution in [3.63, 3.8) is 0 Å². The van der Waals surface area contributed by atoms with Crippen molar-refractivity contribution in [1.29, 1.82) is 0 Å². The van der Waals surface area contributed by atoms with Crippen LogP contribution in [0.5, 0.6) is 0 Å². The highest BCUT2D eigenvalue weighted by Crippen LogP contribution is 2.24. The molecular weight excluding hydrogens is 244 g/mol. The van der Waals surface area contributed by atoms with Gasteiger partial charge < -0.3 is 10.2 Å². The number of benzene rings is 1. The molecule has 3 nitrogen and oxygen atoms in total. The number of fused-ring (bicyclic) bond motifs is 1. The van der Waals surface area contributed by atoms with Gasteiger partial charge in [0.1, 0.15) is 0 Å². The van der Waals surface area contributed by atoms with E-state index in [1.54, 1.807) is 0 Å². The van der Waals surface area contributed by atoms with Crippen LogP contribution >= 0.6 is 15.9 Å². The van der Waals surface area contributed by atoms with Crippen LogP contribution in [0.15, 0.2) is 27.8 Å². The van der Waals surface area contributed by atoms with E-state index in [9.17, 15) is 0 Å². The second-order valence-corrected chi connectivity index (χ2v) is 4.01. The fourth-order valence-corrected chi connectivity index (χ4v) is 1.90. The van der Waals surface area contributed by atoms with E-state index in [2.05, 4.69) is 26.1 Å². The highest BCUT2D eigenvalue weighted by Gasteiger charge is 2.06. The number of aryl methyl sites for hydroxylation is 1. The summed E-state index contributed by atoms with van der Waals surface area (Å²) in [6.07, 6.45) is 1.45. The number of oxime groups is 1. The van der Waals surface area contributed by atoms with Gasteiger partial charge in [-0.25, -0.2) is 0 Å². The fourth-order valence-electron chi connectivity index (χ4n) is 1.54. The number of nitrogens with one attached hydrogen (secondary N) is 1. The minimum absolute atomic E-state index is 0.920. The molecule has 0 aliphatic carbocycles. The zero-order valence-corrected chi connectivity index (χ0v) is 9.17. The lowest BCUT2D eigenvalue weighted by molar-refractivity contribution is 0.322. The lowest BCUT2D eigenvalue weighted by Crippen LogP contribution is -1.81. The first-order valence-corrected chi connectivity index (χ1v) is 4.97. The number of nitrogens with zero attached hydrogens (tertiary/aromatic N) is 1. The third-order valence-corrected chi connectivity index (χ3v) is 2.68. The third-order valence-electron chi connectivity index (χ3n) is 2.18. The Bertz CT molecular complexity index is 502. The van der Waals surface area contributed by atoms with Gasteiger partial charge in [0.2, 0.25) is 0 Å². The van der Waals surface area contributed by atoms with Gasteiger partial charge in [-0.2, -0.15) is 0 Å². The van der Waals surface area contributed by atoms with Crippen molar-refractivity contribution < 1.29 is 5.21 Å². The molecule has 14 heavy (non-hydrogen) atoms. The zero-order valence-electron chi connectivity index (χ0n) is 7.58. The summed E-state index contributed by atoms with van der Waals surface area (Å²) in [5.74, 6) is 0. The Hall–Kier alpha value is -1.29. The molecule has 1 aromatic heterocycles. The first-order valence-electron chi connectivity index (χ1n) is 4.17. The maximum atomic E-state index is 8.54. The van der Waals surface area contributed by atoms with Gasteiger partial charge in [-0.3, -0.25) is 0 Å². The SMILES string of the molecule is Cc1[nH]c2ccc(Br)cc2c1/C=N\O. The Morgan fingerprint density at radius 3 is 3.00 bits per heavy atom. The highest BCUT2D eigenvalue weighted by atomic mass is 79.9. The molecular formula is C10H9BrN2O. The normalized spacial score (nSPS) is 11.6. The summed E-state index contributed by atoms with van der Waals surface area (Å²) in [5, 5.41) is 12.6. The number of aromatic amines is 1. The second-order valence-electron chi connectivity index (χ2n) is 3.10. The number of H-pyrrole nitrogens is 1. The molecule has 0 unspecified atom stereocenters. The van der Waals surface area contributed by atoms with E-state index in [4.69, 9.17) is 5.21 Å². The Labute approximate surface area is 89.6 Å². The molecule has 0 aliphatic heterocycles. The van der Waals surface area contributed by atoms with Crippen molar-refractivity contribution in [2.24, 2.45) is 5.16 Å². The van der Waals surface area contributed by atoms with Gasteiger partial charge in [-0.1, -0.05) is 21.1 Å². The largest absolute Gasteiger partial charge is 0.411 e. The topological polar surface area (TPSA) is 48.4 Å². The quantitative estimate of drug-likeness (QED) is 0.458. The van der Waals surface area contributed by atoms with Gasteiger partial charge >= 0.3 is 0 Å². The van der Waals surface area contributed by atoms with Gasteiger partial charge in [0, 0.05) is 26.6 Å². The molecule has 2 N–H and O–H groups in total. The van der Waals surface area contributed by atoms with Crippen LogP contribution in [-0.4, -0.2) is 16.4 Å². The molecule has 0 aliphatic rings. The lowest BCUT2D eigenvalue weighted by Gasteiger charge is -1.92. The Balaban J connectivity index is 2.79. The Morgan fingerprint density at radius 1 is 1.50 bits per heavy atom. The van der Waals surface area contributed by atoms with Crippen molar-refractivity contribution in [3.8, 4) is 0 Å². The van der Waals surface area contributed by atoms with Crippen LogP contribution < -0.4 is 0 Å². The monoisotopic (exact) mass is 252 g/mol. The average molecular weight is 253 g/mol. The van der Waals surface area contributed by atoms with Crippen molar-refractivity contribution in [1.82, 2.24) is 4.98 Å². The Morgan fingerprint density at radius 2 is 2.29 bits per heavy atom. The molecule has 1 aromatic carbocycles. The molecule has 4 heteroatoms. The van der Waals surface area contributed by atoms with E-state index in [0.717, 1.165) is 26.6 Å². The number of rotatable bonds is 1. The Kier molecular flexibility index (Phi) is 2.29. The molecule has 0 spiro atoms. The van der Waals surface area contributed by atoms with Crippen LogP contribution in [0, 0.1) is 6.92 Å². The molecule has 0 saturated carbocycles. The van der Waals surface area contributed by atoms with Crippen molar-refractivity contribution in [2.45, 2.75) is 6.92 Å². The van der Waals surface area contributed by atoms with E-state index in [1.807, 2.05) is 25.1 Å². The highest BCUT2D eigenvalue weighted by molar-refractivity contribution is 9.10. The molecule has 0 amide bonds. The molecule has 0 bridgehead atoms. The van der Waals surface area contributed by atoms with E-state index >= 15 is 0 Å². The van der Waals surface area contributed by atoms with Crippen LogP contribution in [-0.2, 0) is 0 Å². The maximum Gasteiger partial charge on any atom is 0.0758 e. The van der Waals surface area contributed by atoms with Gasteiger partial charge in [0.25, 0.3) is 0 Å². The predicted molar refractivity (Wildman–Crippen MR) is 60.1 cm³/mol. The summed E-state index contributed by atoms with van der Waals surface area (Å²) in [7, 11) is 0. The minimum Gasteiger partial charge on any atom is -0.411 e. The van der Waals surface area contributed by atoms with Gasteiger partial charge in [-0.15, -0.1) is 0 Å². The molecule has 0 saturated heterocycles. The second kappa shape index (κ2) is 3.46. The standard InChI is InChI=1S/C10H9BrN2O/c1-6-9(5-12-14)8-4-7(11)2-3-10(8)13-6/h2-5,13-14H,1H3/b12-5-. The molecule has 72 valence electrons. The summed E-state index contributed by atoms with van der Waals surface area (Å²) in [6, 6.07) is 5.95.